The zero-order valence-electron chi connectivity index (χ0n) is 21.4. The number of nitrogens with zero attached hydrogens (tertiary/aromatic N) is 3. The van der Waals surface area contributed by atoms with E-state index in [9.17, 15) is 22.8 Å². The Bertz CT molecular complexity index is 1220. The Morgan fingerprint density at radius 2 is 1.53 bits per heavy atom. The van der Waals surface area contributed by atoms with E-state index < -0.39 is 23.6 Å². The van der Waals surface area contributed by atoms with Crippen LogP contribution in [0.25, 0.3) is 0 Å². The van der Waals surface area contributed by atoms with Gasteiger partial charge in [-0.15, -0.1) is 0 Å². The topological polar surface area (TPSA) is 88.2 Å². The van der Waals surface area contributed by atoms with E-state index in [0.29, 0.717) is 43.7 Å². The van der Waals surface area contributed by atoms with Gasteiger partial charge in [-0.3, -0.25) is 4.79 Å². The fourth-order valence-corrected chi connectivity index (χ4v) is 3.86. The van der Waals surface area contributed by atoms with E-state index in [-0.39, 0.29) is 22.3 Å². The summed E-state index contributed by atoms with van der Waals surface area (Å²) in [5.74, 6) is -0.252. The van der Waals surface area contributed by atoms with Gasteiger partial charge in [0.2, 0.25) is 0 Å². The molecule has 0 bridgehead atoms. The Balaban J connectivity index is 1.80. The molecule has 2 amide bonds. The third-order valence-electron chi connectivity index (χ3n) is 5.58. The highest BCUT2D eigenvalue weighted by molar-refractivity contribution is 6.33. The number of alkyl halides is 3. The molecule has 2 aromatic rings. The van der Waals surface area contributed by atoms with Crippen LogP contribution in [0.3, 0.4) is 0 Å². The highest BCUT2D eigenvalue weighted by atomic mass is 35.5. The van der Waals surface area contributed by atoms with Gasteiger partial charge >= 0.3 is 12.3 Å². The molecule has 0 unspecified atom stereocenters. The molecule has 1 saturated heterocycles. The molecule has 0 saturated carbocycles. The predicted octanol–water partition coefficient (Wildman–Crippen LogP) is 5.95. The molecule has 7 nitrogen and oxygen atoms in total. The van der Waals surface area contributed by atoms with Crippen LogP contribution in [0.1, 0.15) is 43.1 Å². The molecule has 3 rings (SSSR count). The van der Waals surface area contributed by atoms with Gasteiger partial charge in [-0.2, -0.15) is 13.2 Å². The van der Waals surface area contributed by atoms with E-state index in [1.165, 1.54) is 24.3 Å². The molecule has 2 N–H and O–H groups in total. The van der Waals surface area contributed by atoms with E-state index >= 15 is 0 Å². The summed E-state index contributed by atoms with van der Waals surface area (Å²) in [4.78, 5) is 33.1. The molecule has 1 heterocycles. The lowest BCUT2D eigenvalue weighted by Gasteiger charge is -2.26. The Morgan fingerprint density at radius 1 is 0.947 bits per heavy atom. The van der Waals surface area contributed by atoms with E-state index in [1.807, 2.05) is 0 Å². The van der Waals surface area contributed by atoms with Gasteiger partial charge in [0.1, 0.15) is 11.3 Å². The number of aliphatic imine (C=N–C) groups is 1. The maximum absolute atomic E-state index is 13.2. The van der Waals surface area contributed by atoms with Crippen molar-refractivity contribution in [3.63, 3.8) is 0 Å². The first-order chi connectivity index (χ1) is 17.7. The Hall–Kier alpha value is -3.53. The largest absolute Gasteiger partial charge is 0.444 e. The summed E-state index contributed by atoms with van der Waals surface area (Å²) < 4.78 is 44.9. The number of ether oxygens (including phenoxy) is 1. The fourth-order valence-electron chi connectivity index (χ4n) is 3.68. The molecule has 204 valence electrons. The van der Waals surface area contributed by atoms with Crippen LogP contribution >= 0.6 is 11.6 Å². The van der Waals surface area contributed by atoms with Gasteiger partial charge in [-0.1, -0.05) is 35.9 Å². The summed E-state index contributed by atoms with van der Waals surface area (Å²) in [5, 5.41) is 0.261. The van der Waals surface area contributed by atoms with Gasteiger partial charge in [0, 0.05) is 37.3 Å². The van der Waals surface area contributed by atoms with Crippen LogP contribution in [0.15, 0.2) is 65.3 Å². The van der Waals surface area contributed by atoms with Gasteiger partial charge in [0.05, 0.1) is 16.4 Å². The number of nitrogens with two attached hydrogens (primary N) is 1. The maximum atomic E-state index is 13.2. The van der Waals surface area contributed by atoms with Crippen LogP contribution in [-0.2, 0) is 4.74 Å². The van der Waals surface area contributed by atoms with Crippen LogP contribution in [0.5, 0.6) is 0 Å². The highest BCUT2D eigenvalue weighted by Crippen LogP contribution is 2.27. The van der Waals surface area contributed by atoms with Crippen molar-refractivity contribution >= 4 is 35.0 Å². The molecule has 1 aliphatic heterocycles. The smallest absolute Gasteiger partial charge is 0.430 e. The summed E-state index contributed by atoms with van der Waals surface area (Å²) in [6.45, 7) is 6.94. The molecule has 2 aromatic carbocycles. The van der Waals surface area contributed by atoms with Gasteiger partial charge < -0.3 is 20.3 Å². The van der Waals surface area contributed by atoms with Gasteiger partial charge in [-0.25, -0.2) is 9.79 Å². The van der Waals surface area contributed by atoms with Gasteiger partial charge in [0.15, 0.2) is 0 Å². The summed E-state index contributed by atoms with van der Waals surface area (Å²) in [6, 6.07) is 12.5. The van der Waals surface area contributed by atoms with Crippen molar-refractivity contribution in [1.29, 1.82) is 0 Å². The molecule has 0 radical (unpaired) electrons. The molecule has 38 heavy (non-hydrogen) atoms. The zero-order chi connectivity index (χ0) is 28.1. The molecule has 0 spiro atoms. The van der Waals surface area contributed by atoms with Crippen LogP contribution in [0, 0.1) is 0 Å². The minimum absolute atomic E-state index is 0.0605. The second-order valence-corrected chi connectivity index (χ2v) is 10.1. The number of carbonyl (C=O) groups is 2. The molecule has 0 aliphatic carbocycles. The van der Waals surface area contributed by atoms with Crippen molar-refractivity contribution in [1.82, 2.24) is 9.80 Å². The number of para-hydroxylation sites is 1. The third kappa shape index (κ3) is 7.98. The van der Waals surface area contributed by atoms with Crippen molar-refractivity contribution in [3.8, 4) is 0 Å². The van der Waals surface area contributed by atoms with Crippen LogP contribution in [-0.4, -0.2) is 65.5 Å². The standard InChI is InChI=1S/C27H30ClF3N4O3/c1-26(2,3)38-25(37)35-14-6-13-34(15-16-35)24(36)19-11-9-18(10-12-19)22(17-23(32)27(29,30)31)33-21-8-5-4-7-20(21)28/h4-5,7-12,17H,6,13-16,32H2,1-3H3/b23-17-,33-22?. The van der Waals surface area contributed by atoms with Crippen molar-refractivity contribution in [2.45, 2.75) is 39.0 Å². The van der Waals surface area contributed by atoms with E-state index in [2.05, 4.69) is 4.99 Å². The molecule has 0 aromatic heterocycles. The average molecular weight is 551 g/mol. The Kier molecular flexibility index (Phi) is 9.09. The minimum Gasteiger partial charge on any atom is -0.444 e. The monoisotopic (exact) mass is 550 g/mol. The summed E-state index contributed by atoms with van der Waals surface area (Å²) in [6.07, 6.45) is -3.84. The predicted molar refractivity (Wildman–Crippen MR) is 141 cm³/mol. The number of amides is 2. The number of rotatable bonds is 4. The maximum Gasteiger partial charge on any atom is 0.430 e. The molecule has 0 atom stereocenters. The number of hydrogen-bond acceptors (Lipinski definition) is 5. The zero-order valence-corrected chi connectivity index (χ0v) is 22.1. The highest BCUT2D eigenvalue weighted by Gasteiger charge is 2.32. The number of allylic oxidation sites excluding steroid dienone is 2. The summed E-state index contributed by atoms with van der Waals surface area (Å²) in [5.41, 5.74) is 4.21. The average Bonchev–Trinajstić information content (AvgIpc) is 3.09. The normalized spacial score (nSPS) is 15.8. The van der Waals surface area contributed by atoms with Crippen LogP contribution in [0.4, 0.5) is 23.7 Å². The van der Waals surface area contributed by atoms with E-state index in [1.54, 1.807) is 54.8 Å². The lowest BCUT2D eigenvalue weighted by Crippen LogP contribution is -2.40. The number of benzene rings is 2. The van der Waals surface area contributed by atoms with E-state index in [4.69, 9.17) is 22.1 Å². The molecule has 11 heteroatoms. The number of carbonyl (C=O) groups excluding carboxylic acids is 2. The van der Waals surface area contributed by atoms with Crippen molar-refractivity contribution in [2.75, 3.05) is 26.2 Å². The fraction of sp³-hybridized carbons (Fsp3) is 0.370. The summed E-state index contributed by atoms with van der Waals surface area (Å²) in [7, 11) is 0. The van der Waals surface area contributed by atoms with Crippen molar-refractivity contribution < 1.29 is 27.5 Å². The number of hydrogen-bond donors (Lipinski definition) is 1. The molecular formula is C27H30ClF3N4O3. The second-order valence-electron chi connectivity index (χ2n) is 9.74. The lowest BCUT2D eigenvalue weighted by molar-refractivity contribution is -0.0925. The molecular weight excluding hydrogens is 521 g/mol. The number of halogens is 4. The minimum atomic E-state index is -4.74. The van der Waals surface area contributed by atoms with Gasteiger partial charge in [0.25, 0.3) is 5.91 Å². The summed E-state index contributed by atoms with van der Waals surface area (Å²) >= 11 is 6.15. The van der Waals surface area contributed by atoms with Crippen molar-refractivity contribution in [2.24, 2.45) is 10.7 Å². The SMILES string of the molecule is CC(C)(C)OC(=O)N1CCCN(C(=O)c2ccc(C(/C=C(\N)C(F)(F)F)=Nc3ccccc3Cl)cc2)CC1. The second kappa shape index (κ2) is 11.9. The first-order valence-electron chi connectivity index (χ1n) is 12.0. The lowest BCUT2D eigenvalue weighted by atomic mass is 10.1. The quantitative estimate of drug-likeness (QED) is 0.477. The molecule has 1 fully saturated rings. The van der Waals surface area contributed by atoms with Gasteiger partial charge in [-0.05, 0) is 57.5 Å². The Labute approximate surface area is 224 Å². The van der Waals surface area contributed by atoms with Crippen LogP contribution in [0.2, 0.25) is 5.02 Å². The third-order valence-corrected chi connectivity index (χ3v) is 5.89. The molecule has 1 aliphatic rings. The first kappa shape index (κ1) is 29.0. The Morgan fingerprint density at radius 3 is 2.13 bits per heavy atom. The van der Waals surface area contributed by atoms with Crippen LogP contribution < -0.4 is 5.73 Å². The van der Waals surface area contributed by atoms with E-state index in [0.717, 1.165) is 6.08 Å². The first-order valence-corrected chi connectivity index (χ1v) is 12.4. The van der Waals surface area contributed by atoms with Crippen molar-refractivity contribution in [3.05, 3.63) is 76.5 Å².